The topological polar surface area (TPSA) is 127 Å². The number of hydrogen-bond acceptors (Lipinski definition) is 8. The van der Waals surface area contributed by atoms with E-state index >= 15 is 0 Å². The normalized spacial score (nSPS) is 9.72. The van der Waals surface area contributed by atoms with Gasteiger partial charge < -0.3 is 15.4 Å². The third kappa shape index (κ3) is 4.37. The number of nitrogens with two attached hydrogens (primary N) is 1. The van der Waals surface area contributed by atoms with E-state index in [1.54, 1.807) is 6.92 Å². The summed E-state index contributed by atoms with van der Waals surface area (Å²) in [6, 6.07) is 0.138. The van der Waals surface area contributed by atoms with E-state index in [1.165, 1.54) is 0 Å². The molecule has 18 heavy (non-hydrogen) atoms. The molecule has 0 saturated heterocycles. The lowest BCUT2D eigenvalue weighted by Gasteiger charge is -2.08. The molecule has 0 saturated carbocycles. The fourth-order valence-electron chi connectivity index (χ4n) is 1.11. The van der Waals surface area contributed by atoms with Crippen molar-refractivity contribution in [3.05, 3.63) is 0 Å². The first kappa shape index (κ1) is 13.9. The highest BCUT2D eigenvalue weighted by atomic mass is 16.5. The van der Waals surface area contributed by atoms with E-state index < -0.39 is 0 Å². The number of nitrogen functional groups attached to an aromatic ring is 1. The molecule has 9 nitrogen and oxygen atoms in total. The third-order valence-electron chi connectivity index (χ3n) is 1.80. The number of nitrogens with zero attached hydrogens (tertiary/aromatic N) is 3. The van der Waals surface area contributed by atoms with Gasteiger partial charge in [0, 0.05) is 6.54 Å². The summed E-state index contributed by atoms with van der Waals surface area (Å²) in [5.41, 5.74) is 2.30. The largest absolute Gasteiger partial charge is 0.464 e. The Morgan fingerprint density at radius 2 is 2.00 bits per heavy atom. The zero-order valence-corrected chi connectivity index (χ0v) is 10.4. The van der Waals surface area contributed by atoms with Crippen molar-refractivity contribution in [1.82, 2.24) is 20.3 Å². The van der Waals surface area contributed by atoms with Gasteiger partial charge in [-0.05, 0) is 13.8 Å². The lowest BCUT2D eigenvalue weighted by atomic mass is 10.5. The number of likely N-dealkylation sites (N-methyl/N-ethyl adjacent to an activating group) is 1. The van der Waals surface area contributed by atoms with Gasteiger partial charge in [-0.25, -0.2) is 5.84 Å². The van der Waals surface area contributed by atoms with Crippen LogP contribution in [0.25, 0.3) is 0 Å². The number of hydrogen-bond donors (Lipinski definition) is 4. The van der Waals surface area contributed by atoms with Gasteiger partial charge in [0.15, 0.2) is 0 Å². The molecule has 1 aromatic heterocycles. The molecule has 0 atom stereocenters. The van der Waals surface area contributed by atoms with Gasteiger partial charge in [0.05, 0.1) is 13.2 Å². The van der Waals surface area contributed by atoms with Crippen molar-refractivity contribution < 1.29 is 9.53 Å². The minimum Gasteiger partial charge on any atom is -0.464 e. The molecule has 1 rings (SSSR count). The maximum atomic E-state index is 11.3. The average Bonchev–Trinajstić information content (AvgIpc) is 2.37. The number of ether oxygens (including phenoxy) is 1. The van der Waals surface area contributed by atoms with Crippen molar-refractivity contribution in [2.45, 2.75) is 13.8 Å². The fourth-order valence-corrected chi connectivity index (χ4v) is 1.11. The maximum absolute atomic E-state index is 11.3. The molecule has 0 aliphatic rings. The first-order chi connectivity index (χ1) is 8.69. The highest BCUT2D eigenvalue weighted by molar-refractivity contribution is 5.80. The summed E-state index contributed by atoms with van der Waals surface area (Å²) >= 11 is 0. The number of hydrazine groups is 1. The fraction of sp³-hybridized carbons (Fsp3) is 0.556. The van der Waals surface area contributed by atoms with E-state index in [1.807, 2.05) is 6.92 Å². The summed E-state index contributed by atoms with van der Waals surface area (Å²) in [7, 11) is 0. The molecule has 0 aliphatic carbocycles. The molecule has 100 valence electrons. The molecule has 5 N–H and O–H groups in total. The second kappa shape index (κ2) is 7.22. The molecule has 1 amide bonds. The van der Waals surface area contributed by atoms with Crippen LogP contribution in [0.4, 0.5) is 11.9 Å². The van der Waals surface area contributed by atoms with Gasteiger partial charge in [0.25, 0.3) is 0 Å². The van der Waals surface area contributed by atoms with Gasteiger partial charge in [-0.2, -0.15) is 15.0 Å². The van der Waals surface area contributed by atoms with Gasteiger partial charge in [0.2, 0.25) is 17.8 Å². The van der Waals surface area contributed by atoms with Crippen LogP contribution in [0, 0.1) is 0 Å². The smallest absolute Gasteiger partial charge is 0.323 e. The Morgan fingerprint density at radius 1 is 1.28 bits per heavy atom. The summed E-state index contributed by atoms with van der Waals surface area (Å²) in [5.74, 6) is 5.44. The second-order valence-electron chi connectivity index (χ2n) is 3.15. The van der Waals surface area contributed by atoms with Crippen LogP contribution in [0.3, 0.4) is 0 Å². The highest BCUT2D eigenvalue weighted by Gasteiger charge is 2.07. The zero-order chi connectivity index (χ0) is 13.4. The van der Waals surface area contributed by atoms with Crippen LogP contribution in [0.15, 0.2) is 0 Å². The van der Waals surface area contributed by atoms with E-state index in [0.717, 1.165) is 0 Å². The van der Waals surface area contributed by atoms with Crippen molar-refractivity contribution >= 4 is 17.8 Å². The SMILES string of the molecule is CCNC(=O)CNc1nc(NN)nc(OCC)n1. The van der Waals surface area contributed by atoms with E-state index in [-0.39, 0.29) is 30.4 Å². The second-order valence-corrected chi connectivity index (χ2v) is 3.15. The summed E-state index contributed by atoms with van der Waals surface area (Å²) in [5, 5.41) is 5.39. The molecular weight excluding hydrogens is 238 g/mol. The molecule has 9 heteroatoms. The van der Waals surface area contributed by atoms with Crippen molar-refractivity contribution in [3.63, 3.8) is 0 Å². The molecule has 1 aromatic rings. The summed E-state index contributed by atoms with van der Waals surface area (Å²) in [6.45, 7) is 4.69. The Morgan fingerprint density at radius 3 is 2.61 bits per heavy atom. The van der Waals surface area contributed by atoms with Gasteiger partial charge in [-0.3, -0.25) is 10.2 Å². The molecule has 0 aromatic carbocycles. The van der Waals surface area contributed by atoms with E-state index in [0.29, 0.717) is 13.2 Å². The molecule has 0 spiro atoms. The molecule has 0 aliphatic heterocycles. The number of carbonyl (C=O) groups excluding carboxylic acids is 1. The van der Waals surface area contributed by atoms with E-state index in [2.05, 4.69) is 31.0 Å². The Labute approximate surface area is 105 Å². The summed E-state index contributed by atoms with van der Waals surface area (Å²) in [6.07, 6.45) is 0. The quantitative estimate of drug-likeness (QED) is 0.365. The number of carbonyl (C=O) groups is 1. The minimum atomic E-state index is -0.155. The summed E-state index contributed by atoms with van der Waals surface area (Å²) in [4.78, 5) is 23.1. The predicted molar refractivity (Wildman–Crippen MR) is 66.0 cm³/mol. The van der Waals surface area contributed by atoms with Crippen LogP contribution in [-0.4, -0.2) is 40.6 Å². The molecule has 0 unspecified atom stereocenters. The number of rotatable bonds is 7. The van der Waals surface area contributed by atoms with Crippen LogP contribution in [0.5, 0.6) is 6.01 Å². The van der Waals surface area contributed by atoms with E-state index in [4.69, 9.17) is 10.6 Å². The van der Waals surface area contributed by atoms with Crippen molar-refractivity contribution in [3.8, 4) is 6.01 Å². The first-order valence-corrected chi connectivity index (χ1v) is 5.55. The number of amides is 1. The lowest BCUT2D eigenvalue weighted by molar-refractivity contribution is -0.119. The number of aromatic nitrogens is 3. The van der Waals surface area contributed by atoms with Gasteiger partial charge in [0.1, 0.15) is 0 Å². The molecule has 1 heterocycles. The average molecular weight is 255 g/mol. The lowest BCUT2D eigenvalue weighted by Crippen LogP contribution is -2.30. The number of anilines is 2. The van der Waals surface area contributed by atoms with Crippen LogP contribution >= 0.6 is 0 Å². The highest BCUT2D eigenvalue weighted by Crippen LogP contribution is 2.09. The molecule has 0 radical (unpaired) electrons. The van der Waals surface area contributed by atoms with Crippen LogP contribution in [-0.2, 0) is 4.79 Å². The van der Waals surface area contributed by atoms with Crippen LogP contribution in [0.1, 0.15) is 13.8 Å². The monoisotopic (exact) mass is 255 g/mol. The van der Waals surface area contributed by atoms with Crippen LogP contribution < -0.4 is 26.6 Å². The van der Waals surface area contributed by atoms with Crippen molar-refractivity contribution in [2.24, 2.45) is 5.84 Å². The Kier molecular flexibility index (Phi) is 5.58. The molecule has 0 bridgehead atoms. The Hall–Kier alpha value is -2.16. The summed E-state index contributed by atoms with van der Waals surface area (Å²) < 4.78 is 5.14. The maximum Gasteiger partial charge on any atom is 0.323 e. The standard InChI is InChI=1S/C9H17N7O2/c1-3-11-6(17)5-12-7-13-8(16-10)15-9(14-7)18-4-2/h3-5,10H2,1-2H3,(H,11,17)(H2,12,13,14,15,16). The van der Waals surface area contributed by atoms with Gasteiger partial charge in [-0.15, -0.1) is 0 Å². The zero-order valence-electron chi connectivity index (χ0n) is 10.4. The Balaban J connectivity index is 2.68. The number of nitrogens with one attached hydrogen (secondary N) is 3. The molecular formula is C9H17N7O2. The van der Waals surface area contributed by atoms with E-state index in [9.17, 15) is 4.79 Å². The third-order valence-corrected chi connectivity index (χ3v) is 1.80. The predicted octanol–water partition coefficient (Wildman–Crippen LogP) is -0.896. The van der Waals surface area contributed by atoms with Gasteiger partial charge in [-0.1, -0.05) is 0 Å². The first-order valence-electron chi connectivity index (χ1n) is 5.55. The Bertz CT molecular complexity index is 399. The van der Waals surface area contributed by atoms with Crippen molar-refractivity contribution in [2.75, 3.05) is 30.4 Å². The molecule has 0 fully saturated rings. The van der Waals surface area contributed by atoms with Crippen molar-refractivity contribution in [1.29, 1.82) is 0 Å². The van der Waals surface area contributed by atoms with Crippen LogP contribution in [0.2, 0.25) is 0 Å². The minimum absolute atomic E-state index is 0.0629. The van der Waals surface area contributed by atoms with Gasteiger partial charge >= 0.3 is 6.01 Å².